The van der Waals surface area contributed by atoms with Crippen molar-refractivity contribution in [2.75, 3.05) is 26.2 Å². The van der Waals surface area contributed by atoms with Crippen LogP contribution in [0.15, 0.2) is 28.8 Å². The summed E-state index contributed by atoms with van der Waals surface area (Å²) in [5.41, 5.74) is 4.04. The Balaban J connectivity index is 1.64. The molecule has 1 aromatic heterocycles. The molecule has 5 heteroatoms. The van der Waals surface area contributed by atoms with Gasteiger partial charge in [-0.2, -0.15) is 0 Å². The summed E-state index contributed by atoms with van der Waals surface area (Å²) in [6, 6.07) is 7.84. The van der Waals surface area contributed by atoms with E-state index in [0.717, 1.165) is 61.7 Å². The van der Waals surface area contributed by atoms with Gasteiger partial charge in [-0.25, -0.2) is 0 Å². The molecule has 128 valence electrons. The molecule has 1 aromatic carbocycles. The Kier molecular flexibility index (Phi) is 5.00. The van der Waals surface area contributed by atoms with Crippen molar-refractivity contribution in [2.45, 2.75) is 33.7 Å². The maximum Gasteiger partial charge on any atom is 0.253 e. The minimum Gasteiger partial charge on any atom is -0.361 e. The first-order chi connectivity index (χ1) is 11.5. The van der Waals surface area contributed by atoms with Gasteiger partial charge in [0.2, 0.25) is 0 Å². The van der Waals surface area contributed by atoms with E-state index in [9.17, 15) is 4.79 Å². The van der Waals surface area contributed by atoms with Gasteiger partial charge in [0.1, 0.15) is 5.76 Å². The summed E-state index contributed by atoms with van der Waals surface area (Å²) in [7, 11) is 0. The molecule has 24 heavy (non-hydrogen) atoms. The monoisotopic (exact) mass is 327 g/mol. The van der Waals surface area contributed by atoms with Crippen molar-refractivity contribution < 1.29 is 9.32 Å². The number of aryl methyl sites for hydroxylation is 3. The lowest BCUT2D eigenvalue weighted by Crippen LogP contribution is -2.35. The summed E-state index contributed by atoms with van der Waals surface area (Å²) in [5.74, 6) is 1.03. The molecule has 1 saturated heterocycles. The maximum atomic E-state index is 12.7. The van der Waals surface area contributed by atoms with Crippen LogP contribution in [0, 0.1) is 20.8 Å². The molecule has 2 heterocycles. The lowest BCUT2D eigenvalue weighted by Gasteiger charge is -2.22. The average molecular weight is 327 g/mol. The number of nitrogens with zero attached hydrogens (tertiary/aromatic N) is 3. The molecular formula is C19H25N3O2. The zero-order valence-corrected chi connectivity index (χ0v) is 14.7. The molecule has 1 amide bonds. The lowest BCUT2D eigenvalue weighted by molar-refractivity contribution is 0.0761. The van der Waals surface area contributed by atoms with E-state index < -0.39 is 0 Å². The van der Waals surface area contributed by atoms with Crippen molar-refractivity contribution in [3.63, 3.8) is 0 Å². The molecule has 0 unspecified atom stereocenters. The molecule has 5 nitrogen and oxygen atoms in total. The van der Waals surface area contributed by atoms with E-state index in [-0.39, 0.29) is 5.91 Å². The van der Waals surface area contributed by atoms with E-state index in [1.807, 2.05) is 49.9 Å². The summed E-state index contributed by atoms with van der Waals surface area (Å²) in [6.07, 6.45) is 0.987. The quantitative estimate of drug-likeness (QED) is 0.870. The van der Waals surface area contributed by atoms with E-state index in [0.29, 0.717) is 0 Å². The number of hydrogen-bond donors (Lipinski definition) is 0. The van der Waals surface area contributed by atoms with Crippen molar-refractivity contribution in [2.24, 2.45) is 0 Å². The van der Waals surface area contributed by atoms with Crippen molar-refractivity contribution >= 4 is 5.91 Å². The molecule has 0 bridgehead atoms. The minimum absolute atomic E-state index is 0.137. The molecule has 0 spiro atoms. The summed E-state index contributed by atoms with van der Waals surface area (Å²) in [4.78, 5) is 17.1. The zero-order valence-electron chi connectivity index (χ0n) is 14.7. The average Bonchev–Trinajstić information content (AvgIpc) is 2.78. The summed E-state index contributed by atoms with van der Waals surface area (Å²) in [5, 5.41) is 4.03. The number of aromatic nitrogens is 1. The Morgan fingerprint density at radius 1 is 1.17 bits per heavy atom. The van der Waals surface area contributed by atoms with Crippen molar-refractivity contribution in [3.8, 4) is 0 Å². The number of benzene rings is 1. The first kappa shape index (κ1) is 16.7. The number of amides is 1. The molecule has 2 aromatic rings. The third kappa shape index (κ3) is 3.67. The van der Waals surface area contributed by atoms with Gasteiger partial charge in [0.05, 0.1) is 5.69 Å². The fourth-order valence-electron chi connectivity index (χ4n) is 3.24. The topological polar surface area (TPSA) is 49.6 Å². The fraction of sp³-hybridized carbons (Fsp3) is 0.474. The largest absolute Gasteiger partial charge is 0.361 e. The van der Waals surface area contributed by atoms with Crippen LogP contribution in [0.1, 0.15) is 39.4 Å². The highest BCUT2D eigenvalue weighted by atomic mass is 16.5. The summed E-state index contributed by atoms with van der Waals surface area (Å²) in [6.45, 7) is 10.2. The molecule has 1 aliphatic heterocycles. The minimum atomic E-state index is 0.137. The van der Waals surface area contributed by atoms with Gasteiger partial charge < -0.3 is 9.42 Å². The van der Waals surface area contributed by atoms with Crippen LogP contribution in [0.4, 0.5) is 0 Å². The van der Waals surface area contributed by atoms with Crippen LogP contribution in [0.25, 0.3) is 0 Å². The predicted octanol–water partition coefficient (Wildman–Crippen LogP) is 2.95. The Labute approximate surface area is 143 Å². The maximum absolute atomic E-state index is 12.7. The normalized spacial score (nSPS) is 16.2. The third-order valence-electron chi connectivity index (χ3n) is 4.70. The Hall–Kier alpha value is -2.14. The standard InChI is InChI=1S/C19H25N3O2/c1-14-6-4-7-17(12-14)19(23)22-9-5-8-21(10-11-22)13-18-15(2)20-24-16(18)3/h4,6-7,12H,5,8-11,13H2,1-3H3. The Bertz CT molecular complexity index is 704. The van der Waals surface area contributed by atoms with Crippen LogP contribution >= 0.6 is 0 Å². The second-order valence-corrected chi connectivity index (χ2v) is 6.59. The number of carbonyl (C=O) groups excluding carboxylic acids is 1. The molecular weight excluding hydrogens is 302 g/mol. The first-order valence-corrected chi connectivity index (χ1v) is 8.54. The van der Waals surface area contributed by atoms with E-state index >= 15 is 0 Å². The van der Waals surface area contributed by atoms with Crippen LogP contribution in [-0.2, 0) is 6.54 Å². The van der Waals surface area contributed by atoms with Crippen LogP contribution < -0.4 is 0 Å². The van der Waals surface area contributed by atoms with Crippen molar-refractivity contribution in [1.29, 1.82) is 0 Å². The Morgan fingerprint density at radius 2 is 2.00 bits per heavy atom. The molecule has 0 atom stereocenters. The highest BCUT2D eigenvalue weighted by Gasteiger charge is 2.21. The second kappa shape index (κ2) is 7.18. The van der Waals surface area contributed by atoms with Crippen LogP contribution in [0.3, 0.4) is 0 Å². The van der Waals surface area contributed by atoms with Crippen LogP contribution in [-0.4, -0.2) is 47.0 Å². The summed E-state index contributed by atoms with van der Waals surface area (Å²) >= 11 is 0. The SMILES string of the molecule is Cc1cccc(C(=O)N2CCCN(Cc3c(C)noc3C)CC2)c1. The van der Waals surface area contributed by atoms with E-state index in [2.05, 4.69) is 10.1 Å². The molecule has 3 rings (SSSR count). The van der Waals surface area contributed by atoms with Crippen LogP contribution in [0.5, 0.6) is 0 Å². The van der Waals surface area contributed by atoms with Gasteiger partial charge in [-0.05, 0) is 39.3 Å². The molecule has 0 N–H and O–H groups in total. The fourth-order valence-corrected chi connectivity index (χ4v) is 3.24. The second-order valence-electron chi connectivity index (χ2n) is 6.59. The van der Waals surface area contributed by atoms with E-state index in [1.54, 1.807) is 0 Å². The zero-order chi connectivity index (χ0) is 17.1. The van der Waals surface area contributed by atoms with Gasteiger partial charge in [-0.3, -0.25) is 9.69 Å². The highest BCUT2D eigenvalue weighted by molar-refractivity contribution is 5.94. The van der Waals surface area contributed by atoms with Gasteiger partial charge in [-0.1, -0.05) is 22.9 Å². The van der Waals surface area contributed by atoms with Gasteiger partial charge >= 0.3 is 0 Å². The summed E-state index contributed by atoms with van der Waals surface area (Å²) < 4.78 is 5.26. The van der Waals surface area contributed by atoms with E-state index in [4.69, 9.17) is 4.52 Å². The third-order valence-corrected chi connectivity index (χ3v) is 4.70. The molecule has 1 fully saturated rings. The van der Waals surface area contributed by atoms with Crippen molar-refractivity contribution in [1.82, 2.24) is 15.0 Å². The molecule has 0 saturated carbocycles. The van der Waals surface area contributed by atoms with Gasteiger partial charge in [0, 0.05) is 43.9 Å². The Morgan fingerprint density at radius 3 is 2.71 bits per heavy atom. The van der Waals surface area contributed by atoms with Crippen molar-refractivity contribution in [3.05, 3.63) is 52.4 Å². The van der Waals surface area contributed by atoms with Gasteiger partial charge in [0.15, 0.2) is 0 Å². The lowest BCUT2D eigenvalue weighted by atomic mass is 10.1. The number of carbonyl (C=O) groups is 1. The highest BCUT2D eigenvalue weighted by Crippen LogP contribution is 2.17. The molecule has 0 radical (unpaired) electrons. The smallest absolute Gasteiger partial charge is 0.253 e. The number of hydrogen-bond acceptors (Lipinski definition) is 4. The van der Waals surface area contributed by atoms with Gasteiger partial charge in [0.25, 0.3) is 5.91 Å². The first-order valence-electron chi connectivity index (χ1n) is 8.54. The number of rotatable bonds is 3. The molecule has 1 aliphatic rings. The van der Waals surface area contributed by atoms with Gasteiger partial charge in [-0.15, -0.1) is 0 Å². The van der Waals surface area contributed by atoms with Crippen LogP contribution in [0.2, 0.25) is 0 Å². The molecule has 0 aliphatic carbocycles. The van der Waals surface area contributed by atoms with E-state index in [1.165, 1.54) is 5.56 Å². The predicted molar refractivity (Wildman–Crippen MR) is 93.0 cm³/mol.